The van der Waals surface area contributed by atoms with Gasteiger partial charge in [-0.15, -0.1) is 11.3 Å². The molecule has 3 N–H and O–H groups in total. The summed E-state index contributed by atoms with van der Waals surface area (Å²) >= 11 is 1.09. The molecule has 0 radical (unpaired) electrons. The number of amides is 1. The number of primary sulfonamides is 1. The fourth-order valence-electron chi connectivity index (χ4n) is 2.93. The van der Waals surface area contributed by atoms with E-state index >= 15 is 0 Å². The molecule has 2 aromatic rings. The van der Waals surface area contributed by atoms with E-state index in [1.807, 2.05) is 18.2 Å². The van der Waals surface area contributed by atoms with Crippen LogP contribution in [-0.2, 0) is 27.8 Å². The number of aryl methyl sites for hydroxylation is 1. The van der Waals surface area contributed by atoms with Crippen LogP contribution in [0.3, 0.4) is 0 Å². The number of thiophene rings is 1. The van der Waals surface area contributed by atoms with Crippen LogP contribution in [0.25, 0.3) is 0 Å². The third-order valence-electron chi connectivity index (χ3n) is 4.04. The van der Waals surface area contributed by atoms with Gasteiger partial charge in [-0.25, -0.2) is 13.6 Å². The summed E-state index contributed by atoms with van der Waals surface area (Å²) in [5.41, 5.74) is 2.35. The lowest BCUT2D eigenvalue weighted by molar-refractivity contribution is -0.123. The van der Waals surface area contributed by atoms with E-state index in [4.69, 9.17) is 5.14 Å². The summed E-state index contributed by atoms with van der Waals surface area (Å²) in [6.07, 6.45) is 2.86. The number of nitrogens with two attached hydrogens (primary N) is 1. The number of rotatable bonds is 4. The number of hydrogen-bond donors (Lipinski definition) is 2. The van der Waals surface area contributed by atoms with Crippen LogP contribution in [0.1, 0.15) is 34.8 Å². The van der Waals surface area contributed by atoms with E-state index in [1.54, 1.807) is 6.07 Å². The first-order valence-corrected chi connectivity index (χ1v) is 9.78. The zero-order valence-corrected chi connectivity index (χ0v) is 14.1. The van der Waals surface area contributed by atoms with Crippen molar-refractivity contribution in [1.29, 1.82) is 0 Å². The van der Waals surface area contributed by atoms with Crippen LogP contribution < -0.4 is 10.5 Å². The molecule has 0 saturated heterocycles. The summed E-state index contributed by atoms with van der Waals surface area (Å²) in [6, 6.07) is 11.2. The van der Waals surface area contributed by atoms with Crippen LogP contribution in [-0.4, -0.2) is 14.3 Å². The fourth-order valence-corrected chi connectivity index (χ4v) is 4.65. The van der Waals surface area contributed by atoms with Crippen LogP contribution in [0.2, 0.25) is 0 Å². The van der Waals surface area contributed by atoms with Gasteiger partial charge in [-0.1, -0.05) is 24.3 Å². The molecule has 7 heteroatoms. The van der Waals surface area contributed by atoms with Crippen LogP contribution in [0, 0.1) is 0 Å². The van der Waals surface area contributed by atoms with Gasteiger partial charge in [-0.3, -0.25) is 4.79 Å². The smallest absolute Gasteiger partial charge is 0.247 e. The normalized spacial score (nSPS) is 17.5. The average molecular weight is 350 g/mol. The molecule has 3 rings (SSSR count). The first-order valence-electron chi connectivity index (χ1n) is 7.42. The van der Waals surface area contributed by atoms with Crippen molar-refractivity contribution >= 4 is 27.3 Å². The van der Waals surface area contributed by atoms with Crippen molar-refractivity contribution in [2.75, 3.05) is 0 Å². The van der Waals surface area contributed by atoms with Crippen LogP contribution in [0.4, 0.5) is 0 Å². The minimum absolute atomic E-state index is 0.0114. The highest BCUT2D eigenvalue weighted by molar-refractivity contribution is 7.91. The molecule has 0 bridgehead atoms. The molecule has 1 heterocycles. The van der Waals surface area contributed by atoms with Gasteiger partial charge in [-0.2, -0.15) is 0 Å². The highest BCUT2D eigenvalue weighted by Crippen LogP contribution is 2.31. The minimum Gasteiger partial charge on any atom is -0.351 e. The molecule has 0 aliphatic heterocycles. The van der Waals surface area contributed by atoms with Crippen LogP contribution in [0.5, 0.6) is 0 Å². The Bertz CT molecular complexity index is 827. The van der Waals surface area contributed by atoms with Crippen molar-refractivity contribution in [2.24, 2.45) is 5.14 Å². The maximum Gasteiger partial charge on any atom is 0.247 e. The van der Waals surface area contributed by atoms with E-state index in [9.17, 15) is 13.2 Å². The lowest BCUT2D eigenvalue weighted by Crippen LogP contribution is -2.30. The molecule has 1 aliphatic carbocycles. The number of carbonyl (C=O) groups excluding carboxylic acids is 1. The molecule has 1 unspecified atom stereocenters. The van der Waals surface area contributed by atoms with Crippen molar-refractivity contribution in [1.82, 2.24) is 5.32 Å². The molecule has 0 spiro atoms. The Hall–Kier alpha value is -1.70. The number of sulfonamides is 1. The third kappa shape index (κ3) is 3.63. The SMILES string of the molecule is NS(=O)(=O)c1ccc(CNC(=O)C2CCCc3ccccc32)s1. The zero-order chi connectivity index (χ0) is 16.4. The third-order valence-corrected chi connectivity index (χ3v) is 6.56. The van der Waals surface area contributed by atoms with Crippen LogP contribution in [0.15, 0.2) is 40.6 Å². The molecule has 1 aromatic carbocycles. The number of nitrogens with one attached hydrogen (secondary N) is 1. The Morgan fingerprint density at radius 3 is 2.78 bits per heavy atom. The van der Waals surface area contributed by atoms with E-state index in [0.29, 0.717) is 6.54 Å². The van der Waals surface area contributed by atoms with Gasteiger partial charge in [0.2, 0.25) is 15.9 Å². The van der Waals surface area contributed by atoms with Gasteiger partial charge in [0.15, 0.2) is 0 Å². The fraction of sp³-hybridized carbons (Fsp3) is 0.312. The van der Waals surface area contributed by atoms with E-state index in [-0.39, 0.29) is 16.0 Å². The monoisotopic (exact) mass is 350 g/mol. The van der Waals surface area contributed by atoms with Crippen molar-refractivity contribution in [2.45, 2.75) is 35.9 Å². The van der Waals surface area contributed by atoms with Gasteiger partial charge in [0, 0.05) is 4.88 Å². The highest BCUT2D eigenvalue weighted by Gasteiger charge is 2.26. The van der Waals surface area contributed by atoms with E-state index in [0.717, 1.165) is 41.0 Å². The van der Waals surface area contributed by atoms with Gasteiger partial charge >= 0.3 is 0 Å². The summed E-state index contributed by atoms with van der Waals surface area (Å²) in [7, 11) is -3.68. The van der Waals surface area contributed by atoms with Gasteiger partial charge in [0.25, 0.3) is 0 Å². The Morgan fingerprint density at radius 1 is 1.26 bits per heavy atom. The molecule has 1 aliphatic rings. The van der Waals surface area contributed by atoms with Crippen LogP contribution >= 0.6 is 11.3 Å². The van der Waals surface area contributed by atoms with E-state index in [1.165, 1.54) is 11.6 Å². The summed E-state index contributed by atoms with van der Waals surface area (Å²) in [4.78, 5) is 13.3. The molecule has 1 atom stereocenters. The molecular formula is C16H18N2O3S2. The summed E-state index contributed by atoms with van der Waals surface area (Å²) in [6.45, 7) is 0.317. The predicted octanol–water partition coefficient (Wildman–Crippen LogP) is 2.13. The Morgan fingerprint density at radius 2 is 2.04 bits per heavy atom. The minimum atomic E-state index is -3.68. The Balaban J connectivity index is 1.68. The maximum absolute atomic E-state index is 12.5. The number of fused-ring (bicyclic) bond motifs is 1. The molecule has 1 aromatic heterocycles. The zero-order valence-electron chi connectivity index (χ0n) is 12.5. The Kier molecular flexibility index (Phi) is 4.52. The first-order chi connectivity index (χ1) is 10.9. The number of carbonyl (C=O) groups is 1. The molecule has 122 valence electrons. The Labute approximate surface area is 139 Å². The predicted molar refractivity (Wildman–Crippen MR) is 89.7 cm³/mol. The first kappa shape index (κ1) is 16.2. The van der Waals surface area contributed by atoms with E-state index < -0.39 is 10.0 Å². The van der Waals surface area contributed by atoms with Gasteiger partial charge in [-0.05, 0) is 42.5 Å². The maximum atomic E-state index is 12.5. The molecular weight excluding hydrogens is 332 g/mol. The van der Waals surface area contributed by atoms with Crippen molar-refractivity contribution < 1.29 is 13.2 Å². The highest BCUT2D eigenvalue weighted by atomic mass is 32.2. The molecule has 5 nitrogen and oxygen atoms in total. The second-order valence-electron chi connectivity index (χ2n) is 5.63. The molecule has 23 heavy (non-hydrogen) atoms. The quantitative estimate of drug-likeness (QED) is 0.885. The molecule has 0 saturated carbocycles. The van der Waals surface area contributed by atoms with Crippen molar-refractivity contribution in [3.63, 3.8) is 0 Å². The lowest BCUT2D eigenvalue weighted by atomic mass is 9.82. The van der Waals surface area contributed by atoms with Crippen molar-refractivity contribution in [3.8, 4) is 0 Å². The summed E-state index contributed by atoms with van der Waals surface area (Å²) in [5, 5.41) is 8.00. The second kappa shape index (κ2) is 6.43. The molecule has 0 fully saturated rings. The lowest BCUT2D eigenvalue weighted by Gasteiger charge is -2.24. The average Bonchev–Trinajstić information content (AvgIpc) is 3.01. The topological polar surface area (TPSA) is 89.3 Å². The van der Waals surface area contributed by atoms with Gasteiger partial charge in [0.1, 0.15) is 4.21 Å². The van der Waals surface area contributed by atoms with E-state index in [2.05, 4.69) is 11.4 Å². The molecule has 1 amide bonds. The van der Waals surface area contributed by atoms with Gasteiger partial charge in [0.05, 0.1) is 12.5 Å². The van der Waals surface area contributed by atoms with Crippen molar-refractivity contribution in [3.05, 3.63) is 52.4 Å². The summed E-state index contributed by atoms with van der Waals surface area (Å²) in [5.74, 6) is -0.139. The number of hydrogen-bond acceptors (Lipinski definition) is 4. The van der Waals surface area contributed by atoms with Gasteiger partial charge < -0.3 is 5.32 Å². The standard InChI is InChI=1S/C16H18N2O3S2/c17-23(20,21)15-9-8-12(22-15)10-18-16(19)14-7-3-5-11-4-1-2-6-13(11)14/h1-2,4,6,8-9,14H,3,5,7,10H2,(H,18,19)(H2,17,20,21). The summed E-state index contributed by atoms with van der Waals surface area (Å²) < 4.78 is 22.7. The largest absolute Gasteiger partial charge is 0.351 e. The number of benzene rings is 1. The second-order valence-corrected chi connectivity index (χ2v) is 8.58.